The number of benzene rings is 1. The Hall–Kier alpha value is -3.57. The lowest BCUT2D eigenvalue weighted by Gasteiger charge is -2.33. The number of piperazine rings is 1. The highest BCUT2D eigenvalue weighted by Crippen LogP contribution is 2.19. The molecule has 11 heteroatoms. The largest absolute Gasteiger partial charge is 0.360 e. The molecule has 174 valence electrons. The van der Waals surface area contributed by atoms with E-state index < -0.39 is 5.82 Å². The van der Waals surface area contributed by atoms with Crippen molar-refractivity contribution >= 4 is 23.5 Å². The van der Waals surface area contributed by atoms with Crippen molar-refractivity contribution in [3.63, 3.8) is 0 Å². The van der Waals surface area contributed by atoms with Gasteiger partial charge in [-0.3, -0.25) is 19.4 Å². The number of halogens is 1. The topological polar surface area (TPSA) is 109 Å². The smallest absolute Gasteiger partial charge is 0.239 e. The number of rotatable bonds is 7. The first-order valence-corrected chi connectivity index (χ1v) is 10.7. The van der Waals surface area contributed by atoms with Crippen LogP contribution in [0.1, 0.15) is 11.5 Å². The van der Waals surface area contributed by atoms with E-state index >= 15 is 0 Å². The minimum absolute atomic E-state index is 0.161. The number of carbonyl (C=O) groups is 2. The van der Waals surface area contributed by atoms with Crippen LogP contribution in [0.25, 0.3) is 5.69 Å². The Morgan fingerprint density at radius 2 is 1.64 bits per heavy atom. The molecule has 1 aromatic carbocycles. The molecule has 33 heavy (non-hydrogen) atoms. The molecule has 0 aliphatic carbocycles. The van der Waals surface area contributed by atoms with Crippen LogP contribution < -0.4 is 10.6 Å². The predicted molar refractivity (Wildman–Crippen MR) is 120 cm³/mol. The fourth-order valence-corrected chi connectivity index (χ4v) is 3.70. The van der Waals surface area contributed by atoms with E-state index in [1.165, 1.54) is 10.7 Å². The molecular formula is C22H26FN7O3. The first-order valence-electron chi connectivity index (χ1n) is 10.7. The van der Waals surface area contributed by atoms with Crippen molar-refractivity contribution in [2.75, 3.05) is 49.9 Å². The summed E-state index contributed by atoms with van der Waals surface area (Å²) in [4.78, 5) is 28.9. The molecule has 1 saturated heterocycles. The molecule has 4 rings (SSSR count). The lowest BCUT2D eigenvalue weighted by molar-refractivity contribution is -0.120. The quantitative estimate of drug-likeness (QED) is 0.559. The Morgan fingerprint density at radius 3 is 2.24 bits per heavy atom. The minimum Gasteiger partial charge on any atom is -0.360 e. The number of carbonyl (C=O) groups excluding carboxylic acids is 2. The molecule has 1 aliphatic heterocycles. The molecule has 2 aromatic heterocycles. The molecule has 0 radical (unpaired) electrons. The Labute approximate surface area is 190 Å². The van der Waals surface area contributed by atoms with Crippen LogP contribution in [0.3, 0.4) is 0 Å². The van der Waals surface area contributed by atoms with Gasteiger partial charge in [0.05, 0.1) is 18.8 Å². The normalized spacial score (nSPS) is 14.9. The van der Waals surface area contributed by atoms with Gasteiger partial charge in [0.25, 0.3) is 0 Å². The van der Waals surface area contributed by atoms with E-state index in [1.54, 1.807) is 44.2 Å². The SMILES string of the molecule is Cc1cc(NC(=O)CN2CCN(CC(=O)Nc3cc(C)on3)CC2)n(-c2ccccc2F)n1. The highest BCUT2D eigenvalue weighted by molar-refractivity contribution is 5.92. The van der Waals surface area contributed by atoms with Gasteiger partial charge in [0.15, 0.2) is 5.82 Å². The van der Waals surface area contributed by atoms with E-state index in [4.69, 9.17) is 4.52 Å². The van der Waals surface area contributed by atoms with Crippen molar-refractivity contribution in [2.24, 2.45) is 0 Å². The molecule has 0 spiro atoms. The Kier molecular flexibility index (Phi) is 6.80. The molecular weight excluding hydrogens is 429 g/mol. The summed E-state index contributed by atoms with van der Waals surface area (Å²) in [5.41, 5.74) is 0.940. The summed E-state index contributed by atoms with van der Waals surface area (Å²) in [5, 5.41) is 13.6. The molecule has 3 aromatic rings. The second-order valence-electron chi connectivity index (χ2n) is 8.01. The number of anilines is 2. The Balaban J connectivity index is 1.26. The average Bonchev–Trinajstić information content (AvgIpc) is 3.34. The fraction of sp³-hybridized carbons (Fsp3) is 0.364. The van der Waals surface area contributed by atoms with E-state index in [2.05, 4.69) is 20.9 Å². The summed E-state index contributed by atoms with van der Waals surface area (Å²) in [6.45, 7) is 6.59. The summed E-state index contributed by atoms with van der Waals surface area (Å²) in [7, 11) is 0. The summed E-state index contributed by atoms with van der Waals surface area (Å²) in [5.74, 6) is 0.657. The van der Waals surface area contributed by atoms with Crippen molar-refractivity contribution in [3.05, 3.63) is 53.7 Å². The molecule has 3 heterocycles. The lowest BCUT2D eigenvalue weighted by Crippen LogP contribution is -2.50. The van der Waals surface area contributed by atoms with Crippen LogP contribution in [-0.4, -0.2) is 75.8 Å². The summed E-state index contributed by atoms with van der Waals surface area (Å²) in [6.07, 6.45) is 0. The molecule has 2 N–H and O–H groups in total. The third-order valence-electron chi connectivity index (χ3n) is 5.27. The minimum atomic E-state index is -0.421. The fourth-order valence-electron chi connectivity index (χ4n) is 3.70. The number of hydrogen-bond acceptors (Lipinski definition) is 7. The van der Waals surface area contributed by atoms with Crippen LogP contribution in [-0.2, 0) is 9.59 Å². The number of hydrogen-bond donors (Lipinski definition) is 2. The van der Waals surface area contributed by atoms with Crippen molar-refractivity contribution < 1.29 is 18.5 Å². The van der Waals surface area contributed by atoms with Crippen LogP contribution in [0.4, 0.5) is 16.0 Å². The van der Waals surface area contributed by atoms with Gasteiger partial charge in [-0.1, -0.05) is 17.3 Å². The van der Waals surface area contributed by atoms with Crippen LogP contribution in [0.2, 0.25) is 0 Å². The zero-order valence-corrected chi connectivity index (χ0v) is 18.5. The van der Waals surface area contributed by atoms with Crippen molar-refractivity contribution in [2.45, 2.75) is 13.8 Å². The molecule has 0 atom stereocenters. The number of aryl methyl sites for hydroxylation is 2. The second kappa shape index (κ2) is 9.92. The number of nitrogens with one attached hydrogen (secondary N) is 2. The van der Waals surface area contributed by atoms with Crippen molar-refractivity contribution in [3.8, 4) is 5.69 Å². The first-order chi connectivity index (χ1) is 15.9. The molecule has 1 aliphatic rings. The third kappa shape index (κ3) is 5.82. The zero-order chi connectivity index (χ0) is 23.4. The zero-order valence-electron chi connectivity index (χ0n) is 18.5. The standard InChI is InChI=1S/C22H26FN7O3/c1-15-11-20(30(26-15)18-6-4-3-5-17(18)23)25-22(32)14-29-9-7-28(8-10-29)13-21(31)24-19-12-16(2)33-27-19/h3-6,11-12H,7-10,13-14H2,1-2H3,(H,25,32)(H,24,27,31). The maximum absolute atomic E-state index is 14.2. The molecule has 0 bridgehead atoms. The summed E-state index contributed by atoms with van der Waals surface area (Å²) >= 11 is 0. The lowest BCUT2D eigenvalue weighted by atomic mass is 10.3. The third-order valence-corrected chi connectivity index (χ3v) is 5.27. The predicted octanol–water partition coefficient (Wildman–Crippen LogP) is 1.81. The van der Waals surface area contributed by atoms with Crippen LogP contribution >= 0.6 is 0 Å². The second-order valence-corrected chi connectivity index (χ2v) is 8.01. The van der Waals surface area contributed by atoms with E-state index in [9.17, 15) is 14.0 Å². The number of amides is 2. The Morgan fingerprint density at radius 1 is 1.00 bits per heavy atom. The van der Waals surface area contributed by atoms with Crippen molar-refractivity contribution in [1.29, 1.82) is 0 Å². The van der Waals surface area contributed by atoms with Gasteiger partial charge in [0.1, 0.15) is 23.1 Å². The maximum atomic E-state index is 14.2. The van der Waals surface area contributed by atoms with Crippen LogP contribution in [0.5, 0.6) is 0 Å². The van der Waals surface area contributed by atoms with Gasteiger partial charge >= 0.3 is 0 Å². The number of nitrogens with zero attached hydrogens (tertiary/aromatic N) is 5. The van der Waals surface area contributed by atoms with Crippen LogP contribution in [0.15, 0.2) is 40.9 Å². The van der Waals surface area contributed by atoms with Crippen molar-refractivity contribution in [1.82, 2.24) is 24.7 Å². The van der Waals surface area contributed by atoms with E-state index in [0.717, 1.165) is 0 Å². The number of para-hydroxylation sites is 1. The van der Waals surface area contributed by atoms with Gasteiger partial charge < -0.3 is 15.2 Å². The van der Waals surface area contributed by atoms with E-state index in [1.807, 2.05) is 9.80 Å². The van der Waals surface area contributed by atoms with E-state index in [-0.39, 0.29) is 30.6 Å². The Bertz CT molecular complexity index is 1130. The highest BCUT2D eigenvalue weighted by atomic mass is 19.1. The van der Waals surface area contributed by atoms with Gasteiger partial charge in [0, 0.05) is 38.3 Å². The van der Waals surface area contributed by atoms with Gasteiger partial charge in [-0.15, -0.1) is 0 Å². The van der Waals surface area contributed by atoms with Crippen LogP contribution in [0, 0.1) is 19.7 Å². The highest BCUT2D eigenvalue weighted by Gasteiger charge is 2.22. The molecule has 1 fully saturated rings. The monoisotopic (exact) mass is 455 g/mol. The summed E-state index contributed by atoms with van der Waals surface area (Å²) in [6, 6.07) is 9.64. The molecule has 2 amide bonds. The number of aromatic nitrogens is 3. The summed E-state index contributed by atoms with van der Waals surface area (Å²) < 4.78 is 20.5. The van der Waals surface area contributed by atoms with Gasteiger partial charge in [-0.05, 0) is 26.0 Å². The average molecular weight is 455 g/mol. The van der Waals surface area contributed by atoms with Gasteiger partial charge in [0.2, 0.25) is 11.8 Å². The van der Waals surface area contributed by atoms with Gasteiger partial charge in [-0.2, -0.15) is 5.10 Å². The first kappa shape index (κ1) is 22.6. The maximum Gasteiger partial charge on any atom is 0.239 e. The molecule has 0 unspecified atom stereocenters. The molecule has 10 nitrogen and oxygen atoms in total. The van der Waals surface area contributed by atoms with Gasteiger partial charge in [-0.25, -0.2) is 9.07 Å². The van der Waals surface area contributed by atoms with E-state index in [0.29, 0.717) is 49.3 Å². The molecule has 0 saturated carbocycles.